The number of ether oxygens (including phenoxy) is 2. The SMILES string of the molecule is COc1cc(CN2CCN[C@@H](C)C2)c(SC)cc1OC.Cl. The molecular formula is C15H25ClN2O2S. The Morgan fingerprint density at radius 2 is 1.95 bits per heavy atom. The minimum absolute atomic E-state index is 0. The first-order valence-electron chi connectivity index (χ1n) is 6.92. The predicted octanol–water partition coefficient (Wildman–Crippen LogP) is 2.64. The number of benzene rings is 1. The second-order valence-electron chi connectivity index (χ2n) is 5.11. The minimum Gasteiger partial charge on any atom is -0.493 e. The zero-order valence-electron chi connectivity index (χ0n) is 13.1. The van der Waals surface area contributed by atoms with Crippen molar-refractivity contribution in [1.82, 2.24) is 10.2 Å². The highest BCUT2D eigenvalue weighted by Crippen LogP contribution is 2.35. The van der Waals surface area contributed by atoms with Crippen LogP contribution in [0.4, 0.5) is 0 Å². The van der Waals surface area contributed by atoms with E-state index in [1.807, 2.05) is 0 Å². The molecule has 6 heteroatoms. The van der Waals surface area contributed by atoms with E-state index < -0.39 is 0 Å². The molecule has 1 atom stereocenters. The lowest BCUT2D eigenvalue weighted by Gasteiger charge is -2.32. The molecule has 0 bridgehead atoms. The zero-order valence-corrected chi connectivity index (χ0v) is 14.8. The van der Waals surface area contributed by atoms with Crippen molar-refractivity contribution in [3.63, 3.8) is 0 Å². The normalized spacial score (nSPS) is 19.0. The zero-order chi connectivity index (χ0) is 14.5. The standard InChI is InChI=1S/C15H24N2O2S.ClH/c1-11-9-17(6-5-16-11)10-12-7-13(18-2)14(19-3)8-15(12)20-4;/h7-8,11,16H,5-6,9-10H2,1-4H3;1H/t11-;/m0./s1. The number of piperazine rings is 1. The second kappa shape index (κ2) is 8.73. The van der Waals surface area contributed by atoms with Crippen LogP contribution in [-0.2, 0) is 6.54 Å². The molecule has 0 amide bonds. The lowest BCUT2D eigenvalue weighted by atomic mass is 10.1. The van der Waals surface area contributed by atoms with Gasteiger partial charge in [-0.05, 0) is 30.9 Å². The Kier molecular flexibility index (Phi) is 7.66. The van der Waals surface area contributed by atoms with Crippen molar-refractivity contribution in [2.75, 3.05) is 40.1 Å². The molecule has 1 saturated heterocycles. The van der Waals surface area contributed by atoms with E-state index in [2.05, 4.69) is 35.5 Å². The molecule has 1 aliphatic rings. The highest BCUT2D eigenvalue weighted by Gasteiger charge is 2.18. The quantitative estimate of drug-likeness (QED) is 0.838. The van der Waals surface area contributed by atoms with Gasteiger partial charge in [-0.25, -0.2) is 0 Å². The smallest absolute Gasteiger partial charge is 0.161 e. The molecule has 1 aromatic rings. The summed E-state index contributed by atoms with van der Waals surface area (Å²) in [5.74, 6) is 1.61. The van der Waals surface area contributed by atoms with Crippen molar-refractivity contribution in [1.29, 1.82) is 0 Å². The molecule has 1 N–H and O–H groups in total. The lowest BCUT2D eigenvalue weighted by molar-refractivity contribution is 0.198. The summed E-state index contributed by atoms with van der Waals surface area (Å²) >= 11 is 1.76. The van der Waals surface area contributed by atoms with Crippen molar-refractivity contribution >= 4 is 24.2 Å². The first kappa shape index (κ1) is 18.4. The molecule has 4 nitrogen and oxygen atoms in total. The van der Waals surface area contributed by atoms with Gasteiger partial charge in [0.25, 0.3) is 0 Å². The molecule has 0 radical (unpaired) electrons. The molecule has 1 heterocycles. The fourth-order valence-corrected chi connectivity index (χ4v) is 3.22. The van der Waals surface area contributed by atoms with Crippen LogP contribution >= 0.6 is 24.2 Å². The van der Waals surface area contributed by atoms with Crippen molar-refractivity contribution in [2.24, 2.45) is 0 Å². The monoisotopic (exact) mass is 332 g/mol. The molecule has 0 unspecified atom stereocenters. The van der Waals surface area contributed by atoms with Crippen LogP contribution in [-0.4, -0.2) is 51.1 Å². The molecule has 1 aliphatic heterocycles. The summed E-state index contributed by atoms with van der Waals surface area (Å²) in [5.41, 5.74) is 1.31. The Balaban J connectivity index is 0.00000220. The van der Waals surface area contributed by atoms with Gasteiger partial charge in [-0.1, -0.05) is 0 Å². The van der Waals surface area contributed by atoms with Gasteiger partial charge >= 0.3 is 0 Å². The van der Waals surface area contributed by atoms with Gasteiger partial charge in [0.05, 0.1) is 14.2 Å². The summed E-state index contributed by atoms with van der Waals surface area (Å²) in [5, 5.41) is 3.48. The maximum Gasteiger partial charge on any atom is 0.161 e. The third-order valence-electron chi connectivity index (χ3n) is 3.63. The molecule has 2 rings (SSSR count). The van der Waals surface area contributed by atoms with Crippen LogP contribution < -0.4 is 14.8 Å². The van der Waals surface area contributed by atoms with Crippen LogP contribution in [0.2, 0.25) is 0 Å². The number of hydrogen-bond donors (Lipinski definition) is 1. The van der Waals surface area contributed by atoms with E-state index in [1.54, 1.807) is 26.0 Å². The summed E-state index contributed by atoms with van der Waals surface area (Å²) in [6.45, 7) is 6.43. The summed E-state index contributed by atoms with van der Waals surface area (Å²) < 4.78 is 10.8. The second-order valence-corrected chi connectivity index (χ2v) is 5.96. The van der Waals surface area contributed by atoms with Crippen molar-refractivity contribution in [2.45, 2.75) is 24.4 Å². The lowest BCUT2D eigenvalue weighted by Crippen LogP contribution is -2.48. The third-order valence-corrected chi connectivity index (χ3v) is 4.45. The first-order valence-corrected chi connectivity index (χ1v) is 8.15. The molecule has 1 aromatic carbocycles. The van der Waals surface area contributed by atoms with Crippen LogP contribution in [0.25, 0.3) is 0 Å². The Labute approximate surface area is 138 Å². The predicted molar refractivity (Wildman–Crippen MR) is 91.3 cm³/mol. The van der Waals surface area contributed by atoms with Crippen molar-refractivity contribution < 1.29 is 9.47 Å². The molecular weight excluding hydrogens is 308 g/mol. The van der Waals surface area contributed by atoms with Gasteiger partial charge in [0.2, 0.25) is 0 Å². The summed E-state index contributed by atoms with van der Waals surface area (Å²) in [7, 11) is 3.37. The number of nitrogens with one attached hydrogen (secondary N) is 1. The highest BCUT2D eigenvalue weighted by molar-refractivity contribution is 7.98. The molecule has 0 aliphatic carbocycles. The Morgan fingerprint density at radius 1 is 1.29 bits per heavy atom. The Hall–Kier alpha value is -0.620. The minimum atomic E-state index is 0. The number of thioether (sulfide) groups is 1. The summed E-state index contributed by atoms with van der Waals surface area (Å²) in [6.07, 6.45) is 2.10. The van der Waals surface area contributed by atoms with Gasteiger partial charge in [-0.15, -0.1) is 24.2 Å². The van der Waals surface area contributed by atoms with Gasteiger partial charge in [0, 0.05) is 37.1 Å². The summed E-state index contributed by atoms with van der Waals surface area (Å²) in [6, 6.07) is 4.74. The molecule has 1 fully saturated rings. The highest BCUT2D eigenvalue weighted by atomic mass is 35.5. The van der Waals surface area contributed by atoms with Gasteiger partial charge in [0.15, 0.2) is 11.5 Å². The van der Waals surface area contributed by atoms with Gasteiger partial charge < -0.3 is 14.8 Å². The average Bonchev–Trinajstić information content (AvgIpc) is 2.46. The number of rotatable bonds is 5. The number of halogens is 1. The van der Waals surface area contributed by atoms with Crippen molar-refractivity contribution in [3.05, 3.63) is 17.7 Å². The average molecular weight is 333 g/mol. The van der Waals surface area contributed by atoms with E-state index in [4.69, 9.17) is 9.47 Å². The van der Waals surface area contributed by atoms with Gasteiger partial charge in [-0.3, -0.25) is 4.90 Å². The molecule has 0 spiro atoms. The largest absolute Gasteiger partial charge is 0.493 e. The maximum absolute atomic E-state index is 5.42. The van der Waals surface area contributed by atoms with Crippen LogP contribution in [0.3, 0.4) is 0 Å². The van der Waals surface area contributed by atoms with E-state index in [0.717, 1.165) is 37.7 Å². The number of methoxy groups -OCH3 is 2. The molecule has 0 aromatic heterocycles. The van der Waals surface area contributed by atoms with Crippen LogP contribution in [0.5, 0.6) is 11.5 Å². The number of nitrogens with zero attached hydrogens (tertiary/aromatic N) is 1. The molecule has 120 valence electrons. The van der Waals surface area contributed by atoms with E-state index in [1.165, 1.54) is 10.5 Å². The van der Waals surface area contributed by atoms with Gasteiger partial charge in [0.1, 0.15) is 0 Å². The first-order chi connectivity index (χ1) is 9.67. The van der Waals surface area contributed by atoms with E-state index in [0.29, 0.717) is 6.04 Å². The molecule has 21 heavy (non-hydrogen) atoms. The third kappa shape index (κ3) is 4.68. The fraction of sp³-hybridized carbons (Fsp3) is 0.600. The molecule has 0 saturated carbocycles. The number of hydrogen-bond acceptors (Lipinski definition) is 5. The van der Waals surface area contributed by atoms with Crippen LogP contribution in [0, 0.1) is 0 Å². The van der Waals surface area contributed by atoms with Crippen molar-refractivity contribution in [3.8, 4) is 11.5 Å². The maximum atomic E-state index is 5.42. The van der Waals surface area contributed by atoms with E-state index >= 15 is 0 Å². The van der Waals surface area contributed by atoms with Crippen LogP contribution in [0.15, 0.2) is 17.0 Å². The Bertz CT molecular complexity index is 460. The summed E-state index contributed by atoms with van der Waals surface area (Å²) in [4.78, 5) is 3.75. The van der Waals surface area contributed by atoms with Gasteiger partial charge in [-0.2, -0.15) is 0 Å². The van der Waals surface area contributed by atoms with E-state index in [9.17, 15) is 0 Å². The topological polar surface area (TPSA) is 33.7 Å². The van der Waals surface area contributed by atoms with E-state index in [-0.39, 0.29) is 12.4 Å². The Morgan fingerprint density at radius 3 is 2.52 bits per heavy atom. The van der Waals surface area contributed by atoms with Crippen LogP contribution in [0.1, 0.15) is 12.5 Å². The fourth-order valence-electron chi connectivity index (χ4n) is 2.61.